The van der Waals surface area contributed by atoms with Crippen LogP contribution in [0.3, 0.4) is 0 Å². The predicted molar refractivity (Wildman–Crippen MR) is 62.4 cm³/mol. The second kappa shape index (κ2) is 4.14. The number of phenols is 1. The number of nitrogens with zero attached hydrogens (tertiary/aromatic N) is 2. The van der Waals surface area contributed by atoms with Crippen LogP contribution in [-0.2, 0) is 0 Å². The molecule has 6 heteroatoms. The zero-order chi connectivity index (χ0) is 13.3. The molecule has 0 atom stereocenters. The fourth-order valence-electron chi connectivity index (χ4n) is 1.73. The third-order valence-corrected chi connectivity index (χ3v) is 2.58. The Kier molecular flexibility index (Phi) is 2.66. The summed E-state index contributed by atoms with van der Waals surface area (Å²) in [5.41, 5.74) is -0.280. The summed E-state index contributed by atoms with van der Waals surface area (Å²) in [6, 6.07) is 6.90. The minimum atomic E-state index is -0.571. The van der Waals surface area contributed by atoms with Gasteiger partial charge in [0.05, 0.1) is 16.1 Å². The summed E-state index contributed by atoms with van der Waals surface area (Å²) >= 11 is 0. The number of aromatic hydroxyl groups is 1. The molecule has 0 amide bonds. The normalized spacial score (nSPS) is 9.94. The second-order valence-electron chi connectivity index (χ2n) is 3.58. The molecule has 0 heterocycles. The highest BCUT2D eigenvalue weighted by Gasteiger charge is 2.14. The van der Waals surface area contributed by atoms with Crippen LogP contribution in [0, 0.1) is 21.4 Å². The molecule has 2 aromatic rings. The highest BCUT2D eigenvalue weighted by molar-refractivity contribution is 6.02. The van der Waals surface area contributed by atoms with E-state index in [-0.39, 0.29) is 16.8 Å². The van der Waals surface area contributed by atoms with Crippen molar-refractivity contribution in [3.05, 3.63) is 45.5 Å². The van der Waals surface area contributed by atoms with Crippen molar-refractivity contribution >= 4 is 22.7 Å². The van der Waals surface area contributed by atoms with Gasteiger partial charge in [0.15, 0.2) is 6.29 Å². The van der Waals surface area contributed by atoms with Crippen molar-refractivity contribution in [1.82, 2.24) is 0 Å². The molecule has 2 aromatic carbocycles. The molecule has 0 aliphatic rings. The third kappa shape index (κ3) is 1.64. The number of aldehydes is 1. The Labute approximate surface area is 101 Å². The lowest BCUT2D eigenvalue weighted by Gasteiger charge is -2.05. The molecular formula is C12H6N2O4. The van der Waals surface area contributed by atoms with Crippen molar-refractivity contribution in [2.75, 3.05) is 0 Å². The highest BCUT2D eigenvalue weighted by atomic mass is 16.6. The fraction of sp³-hybridized carbons (Fsp3) is 0. The summed E-state index contributed by atoms with van der Waals surface area (Å²) in [4.78, 5) is 21.0. The number of carbonyl (C=O) groups is 1. The lowest BCUT2D eigenvalue weighted by Crippen LogP contribution is -1.92. The van der Waals surface area contributed by atoms with Gasteiger partial charge in [0.25, 0.3) is 5.69 Å². The second-order valence-corrected chi connectivity index (χ2v) is 3.58. The van der Waals surface area contributed by atoms with E-state index in [0.717, 1.165) is 0 Å². The first-order chi connectivity index (χ1) is 8.58. The van der Waals surface area contributed by atoms with Gasteiger partial charge in [-0.2, -0.15) is 5.26 Å². The van der Waals surface area contributed by atoms with Gasteiger partial charge >= 0.3 is 0 Å². The largest absolute Gasteiger partial charge is 0.506 e. The number of carbonyl (C=O) groups excluding carboxylic acids is 1. The summed E-state index contributed by atoms with van der Waals surface area (Å²) in [6.07, 6.45) is 0.421. The first kappa shape index (κ1) is 11.5. The Bertz CT molecular complexity index is 716. The summed E-state index contributed by atoms with van der Waals surface area (Å²) in [5, 5.41) is 29.9. The number of non-ortho nitro benzene ring substituents is 1. The summed E-state index contributed by atoms with van der Waals surface area (Å²) in [5.74, 6) is -0.408. The van der Waals surface area contributed by atoms with E-state index in [1.165, 1.54) is 24.3 Å². The standard InChI is InChI=1S/C12H6N2O4/c13-5-8-3-7-4-9(14(17)18)1-2-10(7)11(6-15)12(8)16/h1-4,6,16H. The van der Waals surface area contributed by atoms with Crippen LogP contribution < -0.4 is 0 Å². The maximum Gasteiger partial charge on any atom is 0.270 e. The van der Waals surface area contributed by atoms with Gasteiger partial charge in [-0.05, 0) is 22.9 Å². The number of fused-ring (bicyclic) bond motifs is 1. The molecule has 0 aromatic heterocycles. The topological polar surface area (TPSA) is 104 Å². The molecular weight excluding hydrogens is 236 g/mol. The van der Waals surface area contributed by atoms with E-state index in [1.807, 2.05) is 0 Å². The lowest BCUT2D eigenvalue weighted by atomic mass is 10.00. The van der Waals surface area contributed by atoms with E-state index in [2.05, 4.69) is 0 Å². The molecule has 0 radical (unpaired) electrons. The number of hydrogen-bond acceptors (Lipinski definition) is 5. The molecule has 0 unspecified atom stereocenters. The van der Waals surface area contributed by atoms with Crippen molar-refractivity contribution in [2.24, 2.45) is 0 Å². The Morgan fingerprint density at radius 3 is 2.67 bits per heavy atom. The molecule has 1 N–H and O–H groups in total. The van der Waals surface area contributed by atoms with Crippen LogP contribution in [0.15, 0.2) is 24.3 Å². The number of nitriles is 1. The molecule has 2 rings (SSSR count). The first-order valence-corrected chi connectivity index (χ1v) is 4.88. The summed E-state index contributed by atoms with van der Waals surface area (Å²) in [7, 11) is 0. The number of benzene rings is 2. The van der Waals surface area contributed by atoms with Gasteiger partial charge in [0.1, 0.15) is 11.8 Å². The van der Waals surface area contributed by atoms with Crippen molar-refractivity contribution in [2.45, 2.75) is 0 Å². The average Bonchev–Trinajstić information content (AvgIpc) is 2.37. The Morgan fingerprint density at radius 2 is 2.11 bits per heavy atom. The van der Waals surface area contributed by atoms with Crippen LogP contribution in [0.4, 0.5) is 5.69 Å². The quantitative estimate of drug-likeness (QED) is 0.493. The predicted octanol–water partition coefficient (Wildman–Crippen LogP) is 2.14. The van der Waals surface area contributed by atoms with E-state index in [4.69, 9.17) is 5.26 Å². The molecule has 0 spiro atoms. The summed E-state index contributed by atoms with van der Waals surface area (Å²) in [6.45, 7) is 0. The van der Waals surface area contributed by atoms with Crippen LogP contribution in [0.25, 0.3) is 10.8 Å². The molecule has 18 heavy (non-hydrogen) atoms. The Morgan fingerprint density at radius 1 is 1.39 bits per heavy atom. The molecule has 0 bridgehead atoms. The van der Waals surface area contributed by atoms with Crippen molar-refractivity contribution in [1.29, 1.82) is 5.26 Å². The third-order valence-electron chi connectivity index (χ3n) is 2.58. The Balaban J connectivity index is 2.89. The van der Waals surface area contributed by atoms with E-state index in [0.29, 0.717) is 17.1 Å². The number of nitro benzene ring substituents is 1. The SMILES string of the molecule is N#Cc1cc2cc([N+](=O)[O-])ccc2c(C=O)c1O. The number of hydrogen-bond donors (Lipinski definition) is 1. The molecule has 0 saturated heterocycles. The van der Waals surface area contributed by atoms with Crippen LogP contribution in [0.1, 0.15) is 15.9 Å². The van der Waals surface area contributed by atoms with Crippen LogP contribution in [-0.4, -0.2) is 16.3 Å². The van der Waals surface area contributed by atoms with Crippen LogP contribution in [0.2, 0.25) is 0 Å². The molecule has 0 aliphatic carbocycles. The summed E-state index contributed by atoms with van der Waals surface area (Å²) < 4.78 is 0. The zero-order valence-electron chi connectivity index (χ0n) is 8.95. The first-order valence-electron chi connectivity index (χ1n) is 4.88. The maximum absolute atomic E-state index is 10.9. The van der Waals surface area contributed by atoms with Crippen molar-refractivity contribution < 1.29 is 14.8 Å². The van der Waals surface area contributed by atoms with E-state index >= 15 is 0 Å². The van der Waals surface area contributed by atoms with E-state index in [9.17, 15) is 20.0 Å². The zero-order valence-corrected chi connectivity index (χ0v) is 8.95. The van der Waals surface area contributed by atoms with Gasteiger partial charge in [0, 0.05) is 12.1 Å². The van der Waals surface area contributed by atoms with Gasteiger partial charge in [-0.1, -0.05) is 0 Å². The minimum Gasteiger partial charge on any atom is -0.506 e. The lowest BCUT2D eigenvalue weighted by molar-refractivity contribution is -0.384. The number of nitro groups is 1. The fourth-order valence-corrected chi connectivity index (χ4v) is 1.73. The van der Waals surface area contributed by atoms with Gasteiger partial charge < -0.3 is 5.11 Å². The van der Waals surface area contributed by atoms with Crippen molar-refractivity contribution in [3.63, 3.8) is 0 Å². The number of rotatable bonds is 2. The Hall–Kier alpha value is -2.94. The van der Waals surface area contributed by atoms with Gasteiger partial charge in [0.2, 0.25) is 0 Å². The molecule has 0 aliphatic heterocycles. The highest BCUT2D eigenvalue weighted by Crippen LogP contribution is 2.31. The monoisotopic (exact) mass is 242 g/mol. The molecule has 88 valence electrons. The van der Waals surface area contributed by atoms with Gasteiger partial charge in [-0.15, -0.1) is 0 Å². The average molecular weight is 242 g/mol. The number of phenolic OH excluding ortho intramolecular Hbond substituents is 1. The molecule has 6 nitrogen and oxygen atoms in total. The maximum atomic E-state index is 10.9. The van der Waals surface area contributed by atoms with Crippen LogP contribution >= 0.6 is 0 Å². The molecule has 0 saturated carbocycles. The van der Waals surface area contributed by atoms with Crippen LogP contribution in [0.5, 0.6) is 5.75 Å². The van der Waals surface area contributed by atoms with Gasteiger partial charge in [-0.25, -0.2) is 0 Å². The van der Waals surface area contributed by atoms with Gasteiger partial charge in [-0.3, -0.25) is 14.9 Å². The van der Waals surface area contributed by atoms with E-state index in [1.54, 1.807) is 6.07 Å². The minimum absolute atomic E-state index is 0.0426. The molecule has 0 fully saturated rings. The van der Waals surface area contributed by atoms with E-state index < -0.39 is 10.7 Å². The smallest absolute Gasteiger partial charge is 0.270 e. The van der Waals surface area contributed by atoms with Crippen molar-refractivity contribution in [3.8, 4) is 11.8 Å².